The van der Waals surface area contributed by atoms with Crippen LogP contribution >= 0.6 is 35.6 Å². The van der Waals surface area contributed by atoms with E-state index in [-0.39, 0.29) is 23.4 Å². The monoisotopic (exact) mass is 872 g/mol. The zero-order valence-corrected chi connectivity index (χ0v) is 37.9. The topological polar surface area (TPSA) is 150 Å². The molecule has 0 bridgehead atoms. The van der Waals surface area contributed by atoms with E-state index in [4.69, 9.17) is 52.7 Å². The summed E-state index contributed by atoms with van der Waals surface area (Å²) in [5, 5.41) is 2.11. The molecule has 0 aliphatic heterocycles. The number of nitrogens with zero attached hydrogens (tertiary/aromatic N) is 3. The van der Waals surface area contributed by atoms with Crippen molar-refractivity contribution in [1.29, 1.82) is 0 Å². The number of thioether (sulfide) groups is 1. The molecule has 0 unspecified atom stereocenters. The van der Waals surface area contributed by atoms with Crippen LogP contribution in [0.3, 0.4) is 0 Å². The number of fused-ring (bicyclic) bond motifs is 2. The van der Waals surface area contributed by atoms with E-state index in [1.807, 2.05) is 41.8 Å². The van der Waals surface area contributed by atoms with Crippen LogP contribution in [0.2, 0.25) is 0 Å². The number of nitrogens with one attached hydrogen (secondary N) is 1. The molecule has 1 N–H and O–H groups in total. The highest BCUT2D eigenvalue weighted by Crippen LogP contribution is 2.26. The lowest BCUT2D eigenvalue weighted by Crippen LogP contribution is -2.23. The second-order valence-corrected chi connectivity index (χ2v) is 15.4. The number of aryl methyl sites for hydroxylation is 5. The van der Waals surface area contributed by atoms with Gasteiger partial charge in [-0.15, -0.1) is 11.6 Å². The van der Waals surface area contributed by atoms with Gasteiger partial charge >= 0.3 is 12.3 Å². The molecule has 2 heterocycles. The lowest BCUT2D eigenvalue weighted by atomic mass is 10.1. The molecule has 11 nitrogen and oxygen atoms in total. The Morgan fingerprint density at radius 2 is 1.23 bits per heavy atom. The number of unbranched alkanes of at least 4 members (excludes halogenated alkanes) is 2. The molecule has 0 aliphatic carbocycles. The number of methoxy groups -OCH3 is 1. The molecule has 4 aromatic carbocycles. The highest BCUT2D eigenvalue weighted by atomic mass is 35.5. The van der Waals surface area contributed by atoms with Crippen molar-refractivity contribution in [2.24, 2.45) is 0 Å². The summed E-state index contributed by atoms with van der Waals surface area (Å²) < 4.78 is 9.26. The van der Waals surface area contributed by atoms with E-state index in [9.17, 15) is 9.59 Å². The number of H-pyrrole nitrogens is 1. The Labute approximate surface area is 365 Å². The standard InChI is InChI=1S/C22H26N2O2S.C13H16N2OS.C9H11Cl.2CO2/c1-5-6-11-24-21(25)19-13-18(26-4)9-10-20(19)23-22(24)27-14-17-12-15(2)7-8-16(17)3;1-3-4-7-15-12(16)10-8-9(2)5-6-11(10)14-13(15)17;1-7-3-4-8(2)9(5-7)6-10;2*2-1-3/h7-10,12-13H,5-6,11,14H2,1-4H3;5-6,8H,3-4,7H2,1-2H3,(H,14,17);3-5H,6H2,1-2H3;;. The minimum atomic E-state index is 0.0100. The van der Waals surface area contributed by atoms with Crippen LogP contribution < -0.4 is 15.9 Å². The molecule has 0 aliphatic rings. The van der Waals surface area contributed by atoms with E-state index in [0.717, 1.165) is 58.6 Å². The average Bonchev–Trinajstić information content (AvgIpc) is 3.23. The van der Waals surface area contributed by atoms with Crippen LogP contribution in [0, 0.1) is 39.4 Å². The van der Waals surface area contributed by atoms with Crippen molar-refractivity contribution in [3.05, 3.63) is 137 Å². The second kappa shape index (κ2) is 26.6. The van der Waals surface area contributed by atoms with Gasteiger partial charge < -0.3 is 9.72 Å². The zero-order chi connectivity index (χ0) is 44.8. The van der Waals surface area contributed by atoms with Crippen molar-refractivity contribution in [3.63, 3.8) is 0 Å². The van der Waals surface area contributed by atoms with Gasteiger partial charge in [-0.3, -0.25) is 18.7 Å². The van der Waals surface area contributed by atoms with Gasteiger partial charge in [-0.05, 0) is 112 Å². The van der Waals surface area contributed by atoms with Gasteiger partial charge in [0.2, 0.25) is 0 Å². The molecule has 318 valence electrons. The molecule has 0 saturated carbocycles. The van der Waals surface area contributed by atoms with E-state index in [1.54, 1.807) is 29.5 Å². The third kappa shape index (κ3) is 15.3. The lowest BCUT2D eigenvalue weighted by molar-refractivity contribution is -0.193. The maximum atomic E-state index is 13.1. The number of rotatable bonds is 11. The van der Waals surface area contributed by atoms with Crippen LogP contribution in [-0.4, -0.2) is 38.5 Å². The molecule has 0 atom stereocenters. The van der Waals surface area contributed by atoms with Crippen LogP contribution in [0.1, 0.15) is 78.5 Å². The molecular formula is C46H53ClN4O7S2. The highest BCUT2D eigenvalue weighted by molar-refractivity contribution is 7.98. The molecule has 0 spiro atoms. The summed E-state index contributed by atoms with van der Waals surface area (Å²) in [7, 11) is 1.61. The van der Waals surface area contributed by atoms with Crippen molar-refractivity contribution >= 4 is 69.7 Å². The fraction of sp³-hybridized carbons (Fsp3) is 0.348. The number of alkyl halides is 1. The SMILES string of the molecule is CCCCn1c(=S)[nH]c2ccc(C)cc2c1=O.CCCCn1c(SCc2cc(C)ccc2C)nc2ccc(OC)cc2c1=O.Cc1ccc(C)c(CCl)c1.O=C=O.O=C=O. The maximum Gasteiger partial charge on any atom is 0.373 e. The number of hydrogen-bond donors (Lipinski definition) is 1. The predicted octanol–water partition coefficient (Wildman–Crippen LogP) is 10.2. The number of hydrogen-bond acceptors (Lipinski definition) is 10. The zero-order valence-electron chi connectivity index (χ0n) is 35.5. The minimum absolute atomic E-state index is 0.0100. The number of benzene rings is 4. The molecule has 60 heavy (non-hydrogen) atoms. The van der Waals surface area contributed by atoms with Crippen molar-refractivity contribution in [1.82, 2.24) is 19.1 Å². The van der Waals surface area contributed by atoms with Crippen LogP contribution in [0.4, 0.5) is 0 Å². The normalized spacial score (nSPS) is 10.0. The van der Waals surface area contributed by atoms with Gasteiger partial charge in [0.05, 0.1) is 28.9 Å². The van der Waals surface area contributed by atoms with Gasteiger partial charge in [-0.2, -0.15) is 19.2 Å². The first-order chi connectivity index (χ1) is 28.7. The molecule has 0 amide bonds. The number of aromatic nitrogens is 4. The Kier molecular flexibility index (Phi) is 22.5. The predicted molar refractivity (Wildman–Crippen MR) is 241 cm³/mol. The summed E-state index contributed by atoms with van der Waals surface area (Å²) in [6.45, 7) is 16.0. The number of aromatic amines is 1. The molecule has 2 aromatic heterocycles. The van der Waals surface area contributed by atoms with Crippen LogP contribution in [0.15, 0.2) is 87.5 Å². The van der Waals surface area contributed by atoms with Crippen molar-refractivity contribution in [2.75, 3.05) is 7.11 Å². The van der Waals surface area contributed by atoms with Gasteiger partial charge in [0.15, 0.2) is 9.93 Å². The van der Waals surface area contributed by atoms with E-state index in [0.29, 0.717) is 34.9 Å². The van der Waals surface area contributed by atoms with Crippen molar-refractivity contribution in [2.45, 2.75) is 104 Å². The molecule has 14 heteroatoms. The van der Waals surface area contributed by atoms with Crippen molar-refractivity contribution in [3.8, 4) is 5.75 Å². The van der Waals surface area contributed by atoms with Gasteiger partial charge in [0, 0.05) is 24.7 Å². The molecule has 0 saturated heterocycles. The van der Waals surface area contributed by atoms with E-state index in [2.05, 4.69) is 82.9 Å². The first-order valence-corrected chi connectivity index (χ1v) is 21.3. The molecule has 0 fully saturated rings. The second-order valence-electron chi connectivity index (χ2n) is 13.8. The van der Waals surface area contributed by atoms with E-state index in [1.165, 1.54) is 33.4 Å². The lowest BCUT2D eigenvalue weighted by Gasteiger charge is -2.14. The fourth-order valence-corrected chi connectivity index (χ4v) is 7.52. The number of ether oxygens (including phenoxy) is 1. The molecule has 6 rings (SSSR count). The Morgan fingerprint density at radius 1 is 0.717 bits per heavy atom. The first kappa shape index (κ1) is 50.7. The fourth-order valence-electron chi connectivity index (χ4n) is 5.86. The quantitative estimate of drug-likeness (QED) is 0.0577. The Hall–Kier alpha value is -5.42. The van der Waals surface area contributed by atoms with E-state index < -0.39 is 0 Å². The summed E-state index contributed by atoms with van der Waals surface area (Å²) in [6, 6.07) is 24.1. The summed E-state index contributed by atoms with van der Waals surface area (Å²) >= 11 is 12.6. The van der Waals surface area contributed by atoms with Crippen LogP contribution in [-0.2, 0) is 43.9 Å². The Morgan fingerprint density at radius 3 is 1.78 bits per heavy atom. The summed E-state index contributed by atoms with van der Waals surface area (Å²) in [5.41, 5.74) is 10.2. The Balaban J connectivity index is 0.000000319. The minimum Gasteiger partial charge on any atom is -0.497 e. The average molecular weight is 874 g/mol. The van der Waals surface area contributed by atoms with Gasteiger partial charge in [0.1, 0.15) is 5.75 Å². The largest absolute Gasteiger partial charge is 0.497 e. The van der Waals surface area contributed by atoms with Crippen molar-refractivity contribution < 1.29 is 23.9 Å². The summed E-state index contributed by atoms with van der Waals surface area (Å²) in [4.78, 5) is 65.8. The highest BCUT2D eigenvalue weighted by Gasteiger charge is 2.13. The van der Waals surface area contributed by atoms with Gasteiger partial charge in [-0.1, -0.05) is 97.6 Å². The smallest absolute Gasteiger partial charge is 0.373 e. The van der Waals surface area contributed by atoms with Gasteiger partial charge in [0.25, 0.3) is 11.1 Å². The maximum absolute atomic E-state index is 13.1. The third-order valence-corrected chi connectivity index (χ3v) is 10.9. The number of carbonyl (C=O) groups excluding carboxylic acids is 4. The first-order valence-electron chi connectivity index (χ1n) is 19.3. The molecule has 6 aromatic rings. The Bertz CT molecular complexity index is 2580. The van der Waals surface area contributed by atoms with Crippen LogP contribution in [0.25, 0.3) is 21.8 Å². The third-order valence-electron chi connectivity index (χ3n) is 9.24. The van der Waals surface area contributed by atoms with Gasteiger partial charge in [-0.25, -0.2) is 4.98 Å². The molecule has 0 radical (unpaired) electrons. The summed E-state index contributed by atoms with van der Waals surface area (Å²) in [6.07, 6.45) is 4.50. The summed E-state index contributed by atoms with van der Waals surface area (Å²) in [5.74, 6) is 2.10. The molecular weight excluding hydrogens is 820 g/mol. The number of halogens is 1. The van der Waals surface area contributed by atoms with E-state index >= 15 is 0 Å². The van der Waals surface area contributed by atoms with Crippen LogP contribution in [0.5, 0.6) is 5.75 Å².